The first-order valence-electron chi connectivity index (χ1n) is 15.4. The Labute approximate surface area is 233 Å². The normalized spacial score (nSPS) is 10.2. The largest absolute Gasteiger partial charge is 0.481 e. The monoisotopic (exact) mass is 546 g/mol. The third-order valence-corrected chi connectivity index (χ3v) is 6.19. The highest BCUT2D eigenvalue weighted by Crippen LogP contribution is 2.13. The SMILES string of the molecule is CCCCCCCCCCCCCCCCCC(=O)O.NCCN.O=C(O)CCCCCCCCC(=O)O. The molecule has 0 aromatic heterocycles. The fourth-order valence-electron chi connectivity index (χ4n) is 3.91. The molecule has 0 spiro atoms. The molecule has 0 rings (SSSR count). The maximum Gasteiger partial charge on any atom is 0.303 e. The molecule has 0 unspecified atom stereocenters. The molecule has 38 heavy (non-hydrogen) atoms. The minimum Gasteiger partial charge on any atom is -0.481 e. The number of unbranched alkanes of at least 4 members (excludes halogenated alkanes) is 19. The fraction of sp³-hybridized carbons (Fsp3) is 0.900. The third-order valence-electron chi connectivity index (χ3n) is 6.19. The van der Waals surface area contributed by atoms with Crippen molar-refractivity contribution < 1.29 is 29.7 Å². The Bertz CT molecular complexity index is 481. The van der Waals surface area contributed by atoms with Crippen LogP contribution in [-0.2, 0) is 14.4 Å². The maximum absolute atomic E-state index is 10.3. The van der Waals surface area contributed by atoms with Crippen LogP contribution in [0, 0.1) is 0 Å². The van der Waals surface area contributed by atoms with E-state index in [9.17, 15) is 14.4 Å². The molecule has 0 fully saturated rings. The zero-order valence-electron chi connectivity index (χ0n) is 24.6. The zero-order chi connectivity index (χ0) is 29.1. The van der Waals surface area contributed by atoms with E-state index in [1.165, 1.54) is 83.5 Å². The van der Waals surface area contributed by atoms with Gasteiger partial charge >= 0.3 is 17.9 Å². The lowest BCUT2D eigenvalue weighted by molar-refractivity contribution is -0.138. The predicted molar refractivity (Wildman–Crippen MR) is 157 cm³/mol. The van der Waals surface area contributed by atoms with Crippen LogP contribution < -0.4 is 11.5 Å². The molecule has 0 aliphatic carbocycles. The average molecular weight is 547 g/mol. The fourth-order valence-corrected chi connectivity index (χ4v) is 3.91. The van der Waals surface area contributed by atoms with Gasteiger partial charge in [-0.2, -0.15) is 0 Å². The summed E-state index contributed by atoms with van der Waals surface area (Å²) in [6.07, 6.45) is 26.0. The zero-order valence-corrected chi connectivity index (χ0v) is 24.6. The molecular weight excluding hydrogens is 484 g/mol. The summed E-state index contributed by atoms with van der Waals surface area (Å²) in [6, 6.07) is 0. The summed E-state index contributed by atoms with van der Waals surface area (Å²) in [5.74, 6) is -2.13. The molecule has 0 amide bonds. The van der Waals surface area contributed by atoms with Gasteiger partial charge in [0.1, 0.15) is 0 Å². The van der Waals surface area contributed by atoms with Gasteiger partial charge in [0.25, 0.3) is 0 Å². The van der Waals surface area contributed by atoms with Crippen molar-refractivity contribution in [1.29, 1.82) is 0 Å². The first-order chi connectivity index (χ1) is 18.3. The Hall–Kier alpha value is -1.67. The van der Waals surface area contributed by atoms with E-state index in [1.54, 1.807) is 0 Å². The highest BCUT2D eigenvalue weighted by atomic mass is 16.4. The van der Waals surface area contributed by atoms with Gasteiger partial charge in [-0.15, -0.1) is 0 Å². The number of carbonyl (C=O) groups is 3. The third kappa shape index (κ3) is 51.1. The van der Waals surface area contributed by atoms with Crippen molar-refractivity contribution >= 4 is 17.9 Å². The van der Waals surface area contributed by atoms with Crippen molar-refractivity contribution in [3.05, 3.63) is 0 Å². The van der Waals surface area contributed by atoms with Gasteiger partial charge < -0.3 is 26.8 Å². The lowest BCUT2D eigenvalue weighted by Gasteiger charge is -2.03. The van der Waals surface area contributed by atoms with E-state index < -0.39 is 17.9 Å². The Morgan fingerprint density at radius 2 is 0.579 bits per heavy atom. The van der Waals surface area contributed by atoms with Gasteiger partial charge in [-0.05, 0) is 19.3 Å². The molecule has 0 aromatic carbocycles. The number of carboxylic acid groups (broad SMARTS) is 3. The summed E-state index contributed by atoms with van der Waals surface area (Å²) in [5, 5.41) is 25.2. The molecule has 0 aromatic rings. The Morgan fingerprint density at radius 1 is 0.395 bits per heavy atom. The van der Waals surface area contributed by atoms with Crippen molar-refractivity contribution in [3.8, 4) is 0 Å². The van der Waals surface area contributed by atoms with Crippen LogP contribution in [0.15, 0.2) is 0 Å². The Balaban J connectivity index is -0.000000590. The summed E-state index contributed by atoms with van der Waals surface area (Å²) in [4.78, 5) is 30.6. The summed E-state index contributed by atoms with van der Waals surface area (Å²) in [5.41, 5.74) is 9.81. The number of hydrogen-bond donors (Lipinski definition) is 5. The van der Waals surface area contributed by atoms with E-state index in [1.807, 2.05) is 0 Å². The minimum absolute atomic E-state index is 0.245. The average Bonchev–Trinajstić information content (AvgIpc) is 2.88. The molecule has 0 heterocycles. The van der Waals surface area contributed by atoms with Crippen LogP contribution in [0.5, 0.6) is 0 Å². The number of hydrogen-bond acceptors (Lipinski definition) is 5. The van der Waals surface area contributed by atoms with E-state index in [0.29, 0.717) is 19.5 Å². The van der Waals surface area contributed by atoms with Crippen molar-refractivity contribution in [1.82, 2.24) is 0 Å². The van der Waals surface area contributed by atoms with E-state index in [-0.39, 0.29) is 12.8 Å². The van der Waals surface area contributed by atoms with E-state index in [2.05, 4.69) is 6.92 Å². The number of carboxylic acids is 3. The summed E-state index contributed by atoms with van der Waals surface area (Å²) in [7, 11) is 0. The van der Waals surface area contributed by atoms with Gasteiger partial charge in [-0.1, -0.05) is 122 Å². The summed E-state index contributed by atoms with van der Waals surface area (Å²) < 4.78 is 0. The molecule has 0 saturated carbocycles. The highest BCUT2D eigenvalue weighted by molar-refractivity contribution is 5.67. The Morgan fingerprint density at radius 3 is 0.737 bits per heavy atom. The van der Waals surface area contributed by atoms with E-state index in [0.717, 1.165) is 51.4 Å². The van der Waals surface area contributed by atoms with Crippen LogP contribution >= 0.6 is 0 Å². The van der Waals surface area contributed by atoms with Crippen LogP contribution in [0.4, 0.5) is 0 Å². The molecule has 8 nitrogen and oxygen atoms in total. The van der Waals surface area contributed by atoms with Crippen LogP contribution in [0.2, 0.25) is 0 Å². The Kier molecular flexibility index (Phi) is 40.3. The van der Waals surface area contributed by atoms with E-state index in [4.69, 9.17) is 26.8 Å². The minimum atomic E-state index is -0.740. The quantitative estimate of drug-likeness (QED) is 0.0695. The van der Waals surface area contributed by atoms with Crippen molar-refractivity contribution in [2.24, 2.45) is 11.5 Å². The van der Waals surface area contributed by atoms with Gasteiger partial charge in [0.2, 0.25) is 0 Å². The lowest BCUT2D eigenvalue weighted by Crippen LogP contribution is -2.11. The number of aliphatic carboxylic acids is 3. The van der Waals surface area contributed by atoms with Gasteiger partial charge in [-0.25, -0.2) is 0 Å². The van der Waals surface area contributed by atoms with E-state index >= 15 is 0 Å². The molecule has 8 heteroatoms. The molecule has 0 bridgehead atoms. The summed E-state index contributed by atoms with van der Waals surface area (Å²) in [6.45, 7) is 3.46. The summed E-state index contributed by atoms with van der Waals surface area (Å²) >= 11 is 0. The van der Waals surface area contributed by atoms with Crippen LogP contribution in [0.25, 0.3) is 0 Å². The van der Waals surface area contributed by atoms with Crippen LogP contribution in [-0.4, -0.2) is 46.3 Å². The number of rotatable bonds is 26. The second kappa shape index (κ2) is 37.5. The van der Waals surface area contributed by atoms with Gasteiger partial charge in [0.05, 0.1) is 0 Å². The topological polar surface area (TPSA) is 164 Å². The molecule has 0 saturated heterocycles. The first kappa shape index (κ1) is 40.8. The standard InChI is InChI=1S/C18H36O2.C10H18O4.C2H8N2/c1-2-3-4-5-6-7-8-9-10-11-12-13-14-15-16-17-18(19)20;11-9(12)7-5-3-1-2-4-6-8-10(13)14;3-1-2-4/h2-17H2,1H3,(H,19,20);1-8H2,(H,11,12)(H,13,14);1-4H2. The first-order valence-corrected chi connectivity index (χ1v) is 15.4. The maximum atomic E-state index is 10.3. The van der Waals surface area contributed by atoms with Crippen molar-refractivity contribution in [2.45, 2.75) is 161 Å². The molecule has 0 atom stereocenters. The molecule has 228 valence electrons. The van der Waals surface area contributed by atoms with Gasteiger partial charge in [-0.3, -0.25) is 14.4 Å². The smallest absolute Gasteiger partial charge is 0.303 e. The second-order valence-corrected chi connectivity index (χ2v) is 10.1. The lowest BCUT2D eigenvalue weighted by atomic mass is 10.0. The van der Waals surface area contributed by atoms with Crippen molar-refractivity contribution in [2.75, 3.05) is 13.1 Å². The van der Waals surface area contributed by atoms with Crippen LogP contribution in [0.1, 0.15) is 161 Å². The molecule has 0 aliphatic heterocycles. The van der Waals surface area contributed by atoms with Gasteiger partial charge in [0.15, 0.2) is 0 Å². The van der Waals surface area contributed by atoms with Crippen molar-refractivity contribution in [3.63, 3.8) is 0 Å². The highest BCUT2D eigenvalue weighted by Gasteiger charge is 1.99. The molecule has 0 aliphatic rings. The van der Waals surface area contributed by atoms with Crippen LogP contribution in [0.3, 0.4) is 0 Å². The molecular formula is C30H62N2O6. The number of nitrogens with two attached hydrogens (primary N) is 2. The molecule has 0 radical (unpaired) electrons. The predicted octanol–water partition coefficient (Wildman–Crippen LogP) is 7.51. The second-order valence-electron chi connectivity index (χ2n) is 10.1. The van der Waals surface area contributed by atoms with Gasteiger partial charge in [0, 0.05) is 32.4 Å². The molecule has 7 N–H and O–H groups in total.